The molecule has 0 spiro atoms. The second-order valence-corrected chi connectivity index (χ2v) is 5.75. The van der Waals surface area contributed by atoms with Crippen LogP contribution in [0.2, 0.25) is 0 Å². The van der Waals surface area contributed by atoms with Crippen molar-refractivity contribution in [3.05, 3.63) is 24.5 Å². The van der Waals surface area contributed by atoms with Gasteiger partial charge in [0, 0.05) is 12.0 Å². The molecule has 2 bridgehead atoms. The minimum absolute atomic E-state index is 0.294. The number of hydrogen-bond acceptors (Lipinski definition) is 3. The second kappa shape index (κ2) is 3.15. The number of epoxide rings is 1. The third-order valence-corrected chi connectivity index (χ3v) is 5.07. The van der Waals surface area contributed by atoms with Gasteiger partial charge in [-0.2, -0.15) is 0 Å². The highest BCUT2D eigenvalue weighted by molar-refractivity contribution is 5.81. The minimum Gasteiger partial charge on any atom is -0.483 e. The molecule has 1 aliphatic heterocycles. The Kier molecular flexibility index (Phi) is 1.81. The molecule has 4 rings (SSSR count). The Morgan fingerprint density at radius 1 is 1.59 bits per heavy atom. The van der Waals surface area contributed by atoms with E-state index in [1.807, 2.05) is 0 Å². The maximum atomic E-state index is 11.1. The fourth-order valence-corrected chi connectivity index (χ4v) is 4.41. The van der Waals surface area contributed by atoms with Crippen LogP contribution < -0.4 is 0 Å². The summed E-state index contributed by atoms with van der Waals surface area (Å²) < 4.78 is 10.8. The number of esters is 1. The highest BCUT2D eigenvalue weighted by Crippen LogP contribution is 2.64. The molecule has 0 aromatic heterocycles. The van der Waals surface area contributed by atoms with Gasteiger partial charge in [-0.3, -0.25) is 0 Å². The molecule has 0 aromatic rings. The summed E-state index contributed by atoms with van der Waals surface area (Å²) in [6.07, 6.45) is 6.54. The largest absolute Gasteiger partial charge is 0.483 e. The zero-order valence-corrected chi connectivity index (χ0v) is 9.67. The van der Waals surface area contributed by atoms with Crippen LogP contribution in [0.5, 0.6) is 0 Å². The van der Waals surface area contributed by atoms with Gasteiger partial charge >= 0.3 is 5.97 Å². The number of carbonyl (C=O) groups excluding carboxylic acids is 1. The van der Waals surface area contributed by atoms with E-state index in [-0.39, 0.29) is 5.97 Å². The Bertz CT molecular complexity index is 425. The van der Waals surface area contributed by atoms with E-state index in [9.17, 15) is 4.79 Å². The van der Waals surface area contributed by atoms with E-state index in [1.165, 1.54) is 24.7 Å². The minimum atomic E-state index is -0.294. The summed E-state index contributed by atoms with van der Waals surface area (Å²) in [6.45, 7) is 3.99. The summed E-state index contributed by atoms with van der Waals surface area (Å²) >= 11 is 0. The molecule has 6 atom stereocenters. The number of fused-ring (bicyclic) bond motifs is 7. The van der Waals surface area contributed by atoms with Gasteiger partial charge in [0.15, 0.2) is 6.10 Å². The van der Waals surface area contributed by atoms with E-state index in [1.54, 1.807) is 0 Å². The first-order valence-corrected chi connectivity index (χ1v) is 6.45. The summed E-state index contributed by atoms with van der Waals surface area (Å²) in [5, 5.41) is 0. The van der Waals surface area contributed by atoms with Gasteiger partial charge < -0.3 is 9.47 Å². The van der Waals surface area contributed by atoms with Gasteiger partial charge in [-0.05, 0) is 42.6 Å². The van der Waals surface area contributed by atoms with Crippen molar-refractivity contribution in [1.29, 1.82) is 0 Å². The van der Waals surface area contributed by atoms with Crippen LogP contribution in [0.15, 0.2) is 24.5 Å². The molecular weight excluding hydrogens is 216 g/mol. The molecule has 4 aliphatic rings. The number of rotatable bonds is 3. The van der Waals surface area contributed by atoms with Gasteiger partial charge in [0.1, 0.15) is 5.76 Å². The molecule has 3 heteroatoms. The molecule has 1 heterocycles. The zero-order valence-electron chi connectivity index (χ0n) is 9.67. The van der Waals surface area contributed by atoms with Crippen LogP contribution >= 0.6 is 0 Å². The number of carbonyl (C=O) groups is 1. The lowest BCUT2D eigenvalue weighted by molar-refractivity contribution is -0.140. The van der Waals surface area contributed by atoms with Crippen LogP contribution in [0.1, 0.15) is 12.8 Å². The first kappa shape index (κ1) is 9.75. The topological polar surface area (TPSA) is 38.8 Å². The summed E-state index contributed by atoms with van der Waals surface area (Å²) in [6, 6.07) is 0. The summed E-state index contributed by atoms with van der Waals surface area (Å²) in [4.78, 5) is 11.1. The number of hydrogen-bond donors (Lipinski definition) is 0. The number of ether oxygens (including phenoxy) is 2. The smallest absolute Gasteiger partial charge is 0.330 e. The third kappa shape index (κ3) is 1.25. The van der Waals surface area contributed by atoms with Gasteiger partial charge in [0.2, 0.25) is 0 Å². The predicted molar refractivity (Wildman–Crippen MR) is 60.8 cm³/mol. The molecular formula is C14H16O3. The predicted octanol–water partition coefficient (Wildman–Crippen LogP) is 1.90. The average molecular weight is 232 g/mol. The summed E-state index contributed by atoms with van der Waals surface area (Å²) in [7, 11) is 0. The van der Waals surface area contributed by atoms with Crippen molar-refractivity contribution >= 4 is 5.97 Å². The maximum absolute atomic E-state index is 11.1. The van der Waals surface area contributed by atoms with Crippen LogP contribution in [-0.4, -0.2) is 18.7 Å². The third-order valence-electron chi connectivity index (χ3n) is 5.07. The average Bonchev–Trinajstić information content (AvgIpc) is 2.75. The van der Waals surface area contributed by atoms with Gasteiger partial charge in [0.25, 0.3) is 0 Å². The van der Waals surface area contributed by atoms with Crippen molar-refractivity contribution in [2.45, 2.75) is 18.9 Å². The molecule has 90 valence electrons. The van der Waals surface area contributed by atoms with Gasteiger partial charge in [-0.1, -0.05) is 6.58 Å². The fraction of sp³-hybridized carbons (Fsp3) is 0.643. The maximum Gasteiger partial charge on any atom is 0.330 e. The van der Waals surface area contributed by atoms with Gasteiger partial charge in [0.05, 0.1) is 6.61 Å². The van der Waals surface area contributed by atoms with E-state index in [0.29, 0.717) is 30.5 Å². The lowest BCUT2D eigenvalue weighted by atomic mass is 9.75. The van der Waals surface area contributed by atoms with Crippen LogP contribution in [0.3, 0.4) is 0 Å². The van der Waals surface area contributed by atoms with Crippen molar-refractivity contribution in [3.63, 3.8) is 0 Å². The van der Waals surface area contributed by atoms with E-state index >= 15 is 0 Å². The Labute approximate surface area is 100 Å². The zero-order chi connectivity index (χ0) is 11.6. The molecule has 3 aliphatic carbocycles. The van der Waals surface area contributed by atoms with E-state index in [2.05, 4.69) is 12.7 Å². The van der Waals surface area contributed by atoms with Crippen LogP contribution in [0.4, 0.5) is 0 Å². The van der Waals surface area contributed by atoms with Crippen LogP contribution in [-0.2, 0) is 14.3 Å². The monoisotopic (exact) mass is 232 g/mol. The lowest BCUT2D eigenvalue weighted by Gasteiger charge is -2.31. The number of allylic oxidation sites excluding steroid dienone is 1. The Morgan fingerprint density at radius 2 is 2.47 bits per heavy atom. The van der Waals surface area contributed by atoms with E-state index < -0.39 is 0 Å². The van der Waals surface area contributed by atoms with Crippen molar-refractivity contribution in [2.75, 3.05) is 6.61 Å². The lowest BCUT2D eigenvalue weighted by Crippen LogP contribution is -2.31. The molecule has 2 saturated carbocycles. The van der Waals surface area contributed by atoms with Crippen LogP contribution in [0, 0.1) is 29.6 Å². The molecule has 1 saturated heterocycles. The van der Waals surface area contributed by atoms with Crippen molar-refractivity contribution in [3.8, 4) is 0 Å². The Morgan fingerprint density at radius 3 is 3.29 bits per heavy atom. The normalized spacial score (nSPS) is 47.9. The van der Waals surface area contributed by atoms with Crippen LogP contribution in [0.25, 0.3) is 0 Å². The molecule has 0 N–H and O–H groups in total. The van der Waals surface area contributed by atoms with E-state index in [4.69, 9.17) is 9.47 Å². The molecule has 3 nitrogen and oxygen atoms in total. The van der Waals surface area contributed by atoms with Crippen molar-refractivity contribution < 1.29 is 14.3 Å². The summed E-state index contributed by atoms with van der Waals surface area (Å²) in [5.41, 5.74) is 0. The molecule has 3 fully saturated rings. The molecule has 0 radical (unpaired) electrons. The molecule has 17 heavy (non-hydrogen) atoms. The molecule has 6 unspecified atom stereocenters. The highest BCUT2D eigenvalue weighted by atomic mass is 16.6. The first-order chi connectivity index (χ1) is 8.28. The second-order valence-electron chi connectivity index (χ2n) is 5.75. The fourth-order valence-electron chi connectivity index (χ4n) is 4.41. The highest BCUT2D eigenvalue weighted by Gasteiger charge is 2.63. The quantitative estimate of drug-likeness (QED) is 0.424. The standard InChI is InChI=1S/C14H16O3/c1-2-12(15)16-6-8-3-7-4-9(8)13-10(7)5-11-14(13)17-11/h2,5,7-10,13-14H,1,3-4,6H2. The Hall–Kier alpha value is -1.25. The van der Waals surface area contributed by atoms with Crippen molar-refractivity contribution in [1.82, 2.24) is 0 Å². The Balaban J connectivity index is 1.45. The summed E-state index contributed by atoms with van der Waals surface area (Å²) in [5.74, 6) is 4.44. The first-order valence-electron chi connectivity index (χ1n) is 6.45. The molecule has 0 aromatic carbocycles. The van der Waals surface area contributed by atoms with E-state index in [0.717, 1.165) is 11.8 Å². The SMILES string of the molecule is C=CC(=O)OCC1CC2CC1C1C3OC3=CC21. The van der Waals surface area contributed by atoms with Gasteiger partial charge in [-0.15, -0.1) is 0 Å². The van der Waals surface area contributed by atoms with Gasteiger partial charge in [-0.25, -0.2) is 4.79 Å². The molecule has 0 amide bonds. The van der Waals surface area contributed by atoms with Crippen molar-refractivity contribution in [2.24, 2.45) is 29.6 Å².